The zero-order chi connectivity index (χ0) is 16.6. The molecule has 2 aliphatic heterocycles. The summed E-state index contributed by atoms with van der Waals surface area (Å²) in [5.74, 6) is 0.279. The van der Waals surface area contributed by atoms with Gasteiger partial charge < -0.3 is 15.0 Å². The molecule has 2 fully saturated rings. The van der Waals surface area contributed by atoms with Gasteiger partial charge in [-0.2, -0.15) is 0 Å². The first-order valence-corrected chi connectivity index (χ1v) is 9.19. The number of amides is 1. The molecule has 0 aliphatic carbocycles. The number of hydrogen-bond acceptors (Lipinski definition) is 4. The van der Waals surface area contributed by atoms with Crippen LogP contribution in [0, 0.1) is 5.92 Å². The summed E-state index contributed by atoms with van der Waals surface area (Å²) in [5, 5.41) is 3.05. The molecule has 5 nitrogen and oxygen atoms in total. The largest absolute Gasteiger partial charge is 0.379 e. The molecule has 0 spiro atoms. The molecule has 5 heteroatoms. The summed E-state index contributed by atoms with van der Waals surface area (Å²) in [6, 6.07) is 9.76. The van der Waals surface area contributed by atoms with Gasteiger partial charge in [-0.25, -0.2) is 0 Å². The van der Waals surface area contributed by atoms with Crippen molar-refractivity contribution in [1.29, 1.82) is 0 Å². The molecule has 0 saturated carbocycles. The van der Waals surface area contributed by atoms with Crippen LogP contribution < -0.4 is 5.32 Å². The van der Waals surface area contributed by atoms with Gasteiger partial charge in [0.1, 0.15) is 0 Å². The van der Waals surface area contributed by atoms with E-state index in [9.17, 15) is 4.79 Å². The number of benzene rings is 1. The van der Waals surface area contributed by atoms with E-state index in [0.29, 0.717) is 0 Å². The topological polar surface area (TPSA) is 44.8 Å². The van der Waals surface area contributed by atoms with Gasteiger partial charge in [-0.3, -0.25) is 9.69 Å². The molecule has 1 unspecified atom stereocenters. The minimum absolute atomic E-state index is 0.113. The second-order valence-corrected chi connectivity index (χ2v) is 6.80. The lowest BCUT2D eigenvalue weighted by Gasteiger charge is -2.33. The molecule has 1 N–H and O–H groups in total. The smallest absolute Gasteiger partial charge is 0.228 e. The predicted molar refractivity (Wildman–Crippen MR) is 96.1 cm³/mol. The van der Waals surface area contributed by atoms with E-state index in [-0.39, 0.29) is 11.8 Å². The quantitative estimate of drug-likeness (QED) is 0.867. The van der Waals surface area contributed by atoms with Gasteiger partial charge in [0.2, 0.25) is 5.91 Å². The third kappa shape index (κ3) is 5.30. The number of ether oxygens (including phenoxy) is 1. The minimum atomic E-state index is 0.113. The van der Waals surface area contributed by atoms with Crippen LogP contribution in [0.3, 0.4) is 0 Å². The number of carbonyl (C=O) groups is 1. The molecule has 0 radical (unpaired) electrons. The van der Waals surface area contributed by atoms with Gasteiger partial charge in [-0.1, -0.05) is 18.2 Å². The van der Waals surface area contributed by atoms with Gasteiger partial charge in [0.15, 0.2) is 0 Å². The Labute approximate surface area is 145 Å². The molecular formula is C19H29N3O2. The zero-order valence-electron chi connectivity index (χ0n) is 14.5. The number of para-hydroxylation sites is 1. The van der Waals surface area contributed by atoms with Crippen LogP contribution in [0.25, 0.3) is 0 Å². The number of carbonyl (C=O) groups excluding carboxylic acids is 1. The average molecular weight is 331 g/mol. The van der Waals surface area contributed by atoms with Crippen molar-refractivity contribution in [2.75, 3.05) is 57.8 Å². The molecule has 2 saturated heterocycles. The molecule has 132 valence electrons. The van der Waals surface area contributed by atoms with Crippen LogP contribution in [0.5, 0.6) is 0 Å². The number of likely N-dealkylation sites (tertiary alicyclic amines) is 1. The van der Waals surface area contributed by atoms with E-state index in [1.165, 1.54) is 6.42 Å². The molecular weight excluding hydrogens is 302 g/mol. The van der Waals surface area contributed by atoms with Crippen LogP contribution in [0.4, 0.5) is 5.69 Å². The average Bonchev–Trinajstić information content (AvgIpc) is 2.64. The third-order valence-electron chi connectivity index (χ3n) is 4.97. The van der Waals surface area contributed by atoms with Crippen LogP contribution in [-0.2, 0) is 9.53 Å². The first-order valence-electron chi connectivity index (χ1n) is 9.19. The molecule has 1 amide bonds. The van der Waals surface area contributed by atoms with Crippen molar-refractivity contribution >= 4 is 11.6 Å². The molecule has 2 aliphatic rings. The highest BCUT2D eigenvalue weighted by Gasteiger charge is 2.25. The number of piperidine rings is 1. The standard InChI is InChI=1S/C19H29N3O2/c23-19(20-18-7-2-1-3-8-18)17-6-4-9-22(16-17)11-5-10-21-12-14-24-15-13-21/h1-3,7-8,17H,4-6,9-16H2,(H,20,23). The maximum Gasteiger partial charge on any atom is 0.228 e. The van der Waals surface area contributed by atoms with Crippen LogP contribution in [0.15, 0.2) is 30.3 Å². The minimum Gasteiger partial charge on any atom is -0.379 e. The lowest BCUT2D eigenvalue weighted by molar-refractivity contribution is -0.121. The molecule has 1 aromatic rings. The van der Waals surface area contributed by atoms with Gasteiger partial charge in [-0.05, 0) is 51.0 Å². The molecule has 1 aromatic carbocycles. The second kappa shape index (κ2) is 9.16. The van der Waals surface area contributed by atoms with E-state index in [4.69, 9.17) is 4.74 Å². The van der Waals surface area contributed by atoms with Gasteiger partial charge in [0, 0.05) is 25.3 Å². The van der Waals surface area contributed by atoms with Crippen molar-refractivity contribution < 1.29 is 9.53 Å². The highest BCUT2D eigenvalue weighted by Crippen LogP contribution is 2.19. The fourth-order valence-electron chi connectivity index (χ4n) is 3.58. The lowest BCUT2D eigenvalue weighted by Crippen LogP contribution is -2.42. The summed E-state index contributed by atoms with van der Waals surface area (Å²) in [6.07, 6.45) is 3.29. The Morgan fingerprint density at radius 3 is 2.62 bits per heavy atom. The first kappa shape index (κ1) is 17.4. The summed E-state index contributed by atoms with van der Waals surface area (Å²) < 4.78 is 5.39. The number of rotatable bonds is 6. The van der Waals surface area contributed by atoms with Gasteiger partial charge in [-0.15, -0.1) is 0 Å². The SMILES string of the molecule is O=C(Nc1ccccc1)C1CCCN(CCCN2CCOCC2)C1. The van der Waals surface area contributed by atoms with E-state index >= 15 is 0 Å². The predicted octanol–water partition coefficient (Wildman–Crippen LogP) is 2.06. The lowest BCUT2D eigenvalue weighted by atomic mass is 9.97. The van der Waals surface area contributed by atoms with E-state index in [1.54, 1.807) is 0 Å². The molecule has 3 rings (SSSR count). The van der Waals surface area contributed by atoms with Crippen molar-refractivity contribution in [1.82, 2.24) is 9.80 Å². The fraction of sp³-hybridized carbons (Fsp3) is 0.632. The Kier molecular flexibility index (Phi) is 6.64. The van der Waals surface area contributed by atoms with E-state index in [1.807, 2.05) is 30.3 Å². The van der Waals surface area contributed by atoms with Crippen molar-refractivity contribution in [3.63, 3.8) is 0 Å². The van der Waals surface area contributed by atoms with Crippen LogP contribution in [-0.4, -0.2) is 68.2 Å². The highest BCUT2D eigenvalue weighted by molar-refractivity contribution is 5.92. The summed E-state index contributed by atoms with van der Waals surface area (Å²) in [7, 11) is 0. The molecule has 24 heavy (non-hydrogen) atoms. The normalized spacial score (nSPS) is 23.1. The number of morpholine rings is 1. The van der Waals surface area contributed by atoms with E-state index < -0.39 is 0 Å². The zero-order valence-corrected chi connectivity index (χ0v) is 14.5. The third-order valence-corrected chi connectivity index (χ3v) is 4.97. The maximum atomic E-state index is 12.5. The summed E-state index contributed by atoms with van der Waals surface area (Å²) in [6.45, 7) is 8.09. The highest BCUT2D eigenvalue weighted by atomic mass is 16.5. The van der Waals surface area contributed by atoms with Crippen molar-refractivity contribution in [2.45, 2.75) is 19.3 Å². The van der Waals surface area contributed by atoms with Crippen molar-refractivity contribution in [3.8, 4) is 0 Å². The maximum absolute atomic E-state index is 12.5. The van der Waals surface area contributed by atoms with E-state index in [2.05, 4.69) is 15.1 Å². The Hall–Kier alpha value is -1.43. The Balaban J connectivity index is 1.39. The fourth-order valence-corrected chi connectivity index (χ4v) is 3.58. The van der Waals surface area contributed by atoms with Gasteiger partial charge >= 0.3 is 0 Å². The monoisotopic (exact) mass is 331 g/mol. The van der Waals surface area contributed by atoms with Crippen molar-refractivity contribution in [3.05, 3.63) is 30.3 Å². The number of nitrogens with one attached hydrogen (secondary N) is 1. The molecule has 0 aromatic heterocycles. The van der Waals surface area contributed by atoms with Crippen LogP contribution >= 0.6 is 0 Å². The number of hydrogen-bond donors (Lipinski definition) is 1. The summed E-state index contributed by atoms with van der Waals surface area (Å²) >= 11 is 0. The summed E-state index contributed by atoms with van der Waals surface area (Å²) in [5.41, 5.74) is 0.895. The van der Waals surface area contributed by atoms with Crippen LogP contribution in [0.1, 0.15) is 19.3 Å². The number of nitrogens with zero attached hydrogens (tertiary/aromatic N) is 2. The molecule has 1 atom stereocenters. The Bertz CT molecular complexity index is 503. The molecule has 2 heterocycles. The first-order chi connectivity index (χ1) is 11.8. The van der Waals surface area contributed by atoms with Crippen molar-refractivity contribution in [2.24, 2.45) is 5.92 Å². The second-order valence-electron chi connectivity index (χ2n) is 6.80. The molecule has 0 bridgehead atoms. The van der Waals surface area contributed by atoms with Gasteiger partial charge in [0.05, 0.1) is 19.1 Å². The Morgan fingerprint density at radius 1 is 1.08 bits per heavy atom. The number of anilines is 1. The van der Waals surface area contributed by atoms with Gasteiger partial charge in [0.25, 0.3) is 0 Å². The van der Waals surface area contributed by atoms with Crippen LogP contribution in [0.2, 0.25) is 0 Å². The van der Waals surface area contributed by atoms with E-state index in [0.717, 1.165) is 71.0 Å². The summed E-state index contributed by atoms with van der Waals surface area (Å²) in [4.78, 5) is 17.4. The Morgan fingerprint density at radius 2 is 1.83 bits per heavy atom.